The average Bonchev–Trinajstić information content (AvgIpc) is 3.00. The molecule has 0 saturated heterocycles. The molecule has 5 aromatic rings. The first-order chi connectivity index (χ1) is 12.2. The van der Waals surface area contributed by atoms with Gasteiger partial charge in [0.15, 0.2) is 5.65 Å². The lowest BCUT2D eigenvalue weighted by Gasteiger charge is -2.10. The predicted molar refractivity (Wildman–Crippen MR) is 103 cm³/mol. The third kappa shape index (κ3) is 2.06. The van der Waals surface area contributed by atoms with Crippen LogP contribution in [0.25, 0.3) is 38.8 Å². The van der Waals surface area contributed by atoms with Crippen LogP contribution in [-0.2, 0) is 0 Å². The molecule has 2 aromatic heterocycles. The molecule has 3 aromatic carbocycles. The highest BCUT2D eigenvalue weighted by Crippen LogP contribution is 2.31. The zero-order chi connectivity index (χ0) is 17.0. The van der Waals surface area contributed by atoms with Gasteiger partial charge in [-0.2, -0.15) is 0 Å². The van der Waals surface area contributed by atoms with E-state index in [1.54, 1.807) is 0 Å². The van der Waals surface area contributed by atoms with E-state index in [4.69, 9.17) is 4.98 Å². The van der Waals surface area contributed by atoms with Gasteiger partial charge in [0.05, 0.1) is 28.3 Å². The molecule has 0 spiro atoms. The van der Waals surface area contributed by atoms with Crippen molar-refractivity contribution >= 4 is 27.7 Å². The Balaban J connectivity index is 2.02. The lowest BCUT2D eigenvalue weighted by molar-refractivity contribution is 1.24. The fourth-order valence-corrected chi connectivity index (χ4v) is 3.52. The summed E-state index contributed by atoms with van der Waals surface area (Å²) in [6, 6.07) is 21.1. The van der Waals surface area contributed by atoms with Gasteiger partial charge in [-0.15, -0.1) is 0 Å². The summed E-state index contributed by atoms with van der Waals surface area (Å²) < 4.78 is 2.24. The lowest BCUT2D eigenvalue weighted by Crippen LogP contribution is -1.94. The number of fused-ring (bicyclic) bond motifs is 5. The highest BCUT2D eigenvalue weighted by Gasteiger charge is 2.13. The Kier molecular flexibility index (Phi) is 2.92. The number of benzene rings is 3. The van der Waals surface area contributed by atoms with Crippen LogP contribution in [-0.4, -0.2) is 14.4 Å². The van der Waals surface area contributed by atoms with Gasteiger partial charge < -0.3 is 0 Å². The first kappa shape index (κ1) is 14.2. The molecule has 0 saturated carbocycles. The van der Waals surface area contributed by atoms with Crippen LogP contribution in [0.4, 0.5) is 0 Å². The number of rotatable bonds is 1. The molecule has 0 aliphatic rings. The number of hydrogen-bond donors (Lipinski definition) is 0. The van der Waals surface area contributed by atoms with Crippen LogP contribution < -0.4 is 0 Å². The maximum Gasteiger partial charge on any atom is 0.157 e. The van der Waals surface area contributed by atoms with Gasteiger partial charge in [-0.25, -0.2) is 4.98 Å². The molecule has 120 valence electrons. The summed E-state index contributed by atoms with van der Waals surface area (Å²) in [6.07, 6.45) is 1.86. The average molecular weight is 323 g/mol. The Labute approximate surface area is 145 Å². The molecule has 0 aliphatic carbocycles. The van der Waals surface area contributed by atoms with E-state index in [9.17, 15) is 0 Å². The second kappa shape index (κ2) is 5.15. The summed E-state index contributed by atoms with van der Waals surface area (Å²) in [4.78, 5) is 9.45. The van der Waals surface area contributed by atoms with Crippen molar-refractivity contribution in [3.63, 3.8) is 0 Å². The van der Waals surface area contributed by atoms with Crippen molar-refractivity contribution < 1.29 is 0 Å². The monoisotopic (exact) mass is 323 g/mol. The van der Waals surface area contributed by atoms with Crippen LogP contribution in [0, 0.1) is 13.8 Å². The standard InChI is InChI=1S/C22H17N3/c1-14-11-19-20(12-15(14)2)25-21(24-19)13-23-18-10-6-9-17(22(18)25)16-7-4-3-5-8-16/h3-13H,1-2H3. The van der Waals surface area contributed by atoms with Gasteiger partial charge in [0.1, 0.15) is 0 Å². The Hall–Kier alpha value is -3.20. The molecule has 0 radical (unpaired) electrons. The van der Waals surface area contributed by atoms with E-state index in [-0.39, 0.29) is 0 Å². The summed E-state index contributed by atoms with van der Waals surface area (Å²) in [5.41, 5.74) is 10.0. The maximum absolute atomic E-state index is 4.80. The van der Waals surface area contributed by atoms with Crippen LogP contribution in [0.3, 0.4) is 0 Å². The summed E-state index contributed by atoms with van der Waals surface area (Å²) >= 11 is 0. The second-order valence-corrected chi connectivity index (χ2v) is 6.53. The molecule has 2 heterocycles. The van der Waals surface area contributed by atoms with Gasteiger partial charge in [0.25, 0.3) is 0 Å². The van der Waals surface area contributed by atoms with Crippen molar-refractivity contribution in [1.82, 2.24) is 14.4 Å². The Morgan fingerprint density at radius 1 is 0.800 bits per heavy atom. The largest absolute Gasteiger partial charge is 0.289 e. The van der Waals surface area contributed by atoms with Crippen LogP contribution in [0.1, 0.15) is 11.1 Å². The smallest absolute Gasteiger partial charge is 0.157 e. The van der Waals surface area contributed by atoms with E-state index in [1.165, 1.54) is 22.3 Å². The molecule has 0 atom stereocenters. The second-order valence-electron chi connectivity index (χ2n) is 6.53. The van der Waals surface area contributed by atoms with E-state index in [2.05, 4.69) is 77.8 Å². The lowest BCUT2D eigenvalue weighted by atomic mass is 10.0. The minimum absolute atomic E-state index is 0.885. The summed E-state index contributed by atoms with van der Waals surface area (Å²) in [5, 5.41) is 0. The molecule has 0 fully saturated rings. The predicted octanol–water partition coefficient (Wildman–Crippen LogP) is 5.32. The summed E-state index contributed by atoms with van der Waals surface area (Å²) in [7, 11) is 0. The van der Waals surface area contributed by atoms with Crippen molar-refractivity contribution in [3.05, 3.63) is 78.0 Å². The Morgan fingerprint density at radius 3 is 2.44 bits per heavy atom. The molecular formula is C22H17N3. The van der Waals surface area contributed by atoms with Gasteiger partial charge in [-0.3, -0.25) is 9.38 Å². The number of aryl methyl sites for hydroxylation is 2. The zero-order valence-electron chi connectivity index (χ0n) is 14.2. The molecule has 0 unspecified atom stereocenters. The number of hydrogen-bond acceptors (Lipinski definition) is 2. The SMILES string of the molecule is Cc1cc2nc3cnc4cccc(-c5ccccc5)c4n3c2cc1C. The highest BCUT2D eigenvalue weighted by atomic mass is 15.0. The van der Waals surface area contributed by atoms with Crippen molar-refractivity contribution in [3.8, 4) is 11.1 Å². The fraction of sp³-hybridized carbons (Fsp3) is 0.0909. The van der Waals surface area contributed by atoms with Crippen LogP contribution in [0.5, 0.6) is 0 Å². The van der Waals surface area contributed by atoms with Gasteiger partial charge in [-0.05, 0) is 48.7 Å². The van der Waals surface area contributed by atoms with Gasteiger partial charge in [0.2, 0.25) is 0 Å². The van der Waals surface area contributed by atoms with Crippen molar-refractivity contribution in [2.24, 2.45) is 0 Å². The Morgan fingerprint density at radius 2 is 1.60 bits per heavy atom. The first-order valence-corrected chi connectivity index (χ1v) is 8.45. The normalized spacial score (nSPS) is 11.6. The number of para-hydroxylation sites is 1. The molecule has 3 nitrogen and oxygen atoms in total. The van der Waals surface area contributed by atoms with E-state index >= 15 is 0 Å². The summed E-state index contributed by atoms with van der Waals surface area (Å²) in [6.45, 7) is 4.28. The van der Waals surface area contributed by atoms with Crippen molar-refractivity contribution in [1.29, 1.82) is 0 Å². The third-order valence-corrected chi connectivity index (χ3v) is 4.94. The van der Waals surface area contributed by atoms with E-state index in [1.807, 2.05) is 12.3 Å². The van der Waals surface area contributed by atoms with Gasteiger partial charge >= 0.3 is 0 Å². The van der Waals surface area contributed by atoms with Gasteiger partial charge in [0, 0.05) is 5.56 Å². The molecule has 0 bridgehead atoms. The number of aromatic nitrogens is 3. The van der Waals surface area contributed by atoms with Crippen LogP contribution >= 0.6 is 0 Å². The molecule has 0 amide bonds. The maximum atomic E-state index is 4.80. The van der Waals surface area contributed by atoms with Crippen LogP contribution in [0.15, 0.2) is 66.9 Å². The molecule has 0 N–H and O–H groups in total. The van der Waals surface area contributed by atoms with E-state index < -0.39 is 0 Å². The van der Waals surface area contributed by atoms with E-state index in [0.29, 0.717) is 0 Å². The topological polar surface area (TPSA) is 30.2 Å². The molecule has 25 heavy (non-hydrogen) atoms. The fourth-order valence-electron chi connectivity index (χ4n) is 3.52. The molecule has 0 aliphatic heterocycles. The van der Waals surface area contributed by atoms with E-state index in [0.717, 1.165) is 27.7 Å². The summed E-state index contributed by atoms with van der Waals surface area (Å²) in [5.74, 6) is 0. The molecular weight excluding hydrogens is 306 g/mol. The Bertz CT molecular complexity index is 1250. The quantitative estimate of drug-likeness (QED) is 0.418. The molecule has 5 rings (SSSR count). The number of imidazole rings is 1. The first-order valence-electron chi connectivity index (χ1n) is 8.45. The third-order valence-electron chi connectivity index (χ3n) is 4.94. The van der Waals surface area contributed by atoms with Crippen molar-refractivity contribution in [2.45, 2.75) is 13.8 Å². The minimum Gasteiger partial charge on any atom is -0.289 e. The minimum atomic E-state index is 0.885. The highest BCUT2D eigenvalue weighted by molar-refractivity contribution is 5.97. The number of nitrogens with zero attached hydrogens (tertiary/aromatic N) is 3. The zero-order valence-corrected chi connectivity index (χ0v) is 14.2. The van der Waals surface area contributed by atoms with Gasteiger partial charge in [-0.1, -0.05) is 42.5 Å². The van der Waals surface area contributed by atoms with Crippen LogP contribution in [0.2, 0.25) is 0 Å². The van der Waals surface area contributed by atoms with Crippen molar-refractivity contribution in [2.75, 3.05) is 0 Å². The molecule has 3 heteroatoms.